The molecule has 0 amide bonds. The van der Waals surface area contributed by atoms with Crippen LogP contribution in [0.4, 0.5) is 11.5 Å². The van der Waals surface area contributed by atoms with Gasteiger partial charge >= 0.3 is 5.69 Å². The fraction of sp³-hybridized carbons (Fsp3) is 0.692. The minimum absolute atomic E-state index is 0.00233. The highest BCUT2D eigenvalue weighted by Crippen LogP contribution is 2.32. The second-order valence-electron chi connectivity index (χ2n) is 4.83. The van der Waals surface area contributed by atoms with Gasteiger partial charge in [-0.2, -0.15) is 4.98 Å². The van der Waals surface area contributed by atoms with Crippen LogP contribution >= 0.6 is 0 Å². The topological polar surface area (TPSA) is 99.4 Å². The van der Waals surface area contributed by atoms with E-state index in [1.807, 2.05) is 20.8 Å². The fourth-order valence-corrected chi connectivity index (χ4v) is 1.62. The molecule has 0 saturated carbocycles. The largest absolute Gasteiger partial charge is 0.473 e. The van der Waals surface area contributed by atoms with Crippen molar-refractivity contribution in [2.45, 2.75) is 46.3 Å². The van der Waals surface area contributed by atoms with Gasteiger partial charge in [0.15, 0.2) is 5.82 Å². The maximum absolute atomic E-state index is 11.3. The third-order valence-electron chi connectivity index (χ3n) is 2.52. The minimum Gasteiger partial charge on any atom is -0.473 e. The molecule has 0 fully saturated rings. The monoisotopic (exact) mass is 298 g/mol. The van der Waals surface area contributed by atoms with Gasteiger partial charge in [-0.1, -0.05) is 13.3 Å². The Hall–Kier alpha value is -1.96. The normalized spacial score (nSPS) is 10.7. The first-order valence-electron chi connectivity index (χ1n) is 6.93. The molecule has 0 unspecified atom stereocenters. The van der Waals surface area contributed by atoms with E-state index in [9.17, 15) is 10.1 Å². The smallest absolute Gasteiger partial charge is 0.372 e. The van der Waals surface area contributed by atoms with Crippen LogP contribution in [0.25, 0.3) is 0 Å². The molecule has 1 aromatic heterocycles. The molecule has 1 N–H and O–H groups in total. The summed E-state index contributed by atoms with van der Waals surface area (Å²) in [7, 11) is 1.51. The molecule has 0 aliphatic heterocycles. The average molecular weight is 298 g/mol. The van der Waals surface area contributed by atoms with Crippen LogP contribution < -0.4 is 10.1 Å². The Morgan fingerprint density at radius 1 is 1.38 bits per heavy atom. The van der Waals surface area contributed by atoms with Gasteiger partial charge in [-0.25, -0.2) is 4.98 Å². The Kier molecular flexibility index (Phi) is 6.80. The molecule has 0 atom stereocenters. The number of rotatable bonds is 9. The molecule has 0 aromatic carbocycles. The van der Waals surface area contributed by atoms with Gasteiger partial charge in [0.2, 0.25) is 5.82 Å². The van der Waals surface area contributed by atoms with E-state index in [-0.39, 0.29) is 30.0 Å². The lowest BCUT2D eigenvalue weighted by Crippen LogP contribution is -2.16. The van der Waals surface area contributed by atoms with E-state index in [2.05, 4.69) is 15.3 Å². The number of hydrogen-bond acceptors (Lipinski definition) is 7. The van der Waals surface area contributed by atoms with Crippen molar-refractivity contribution in [3.8, 4) is 5.88 Å². The van der Waals surface area contributed by atoms with Gasteiger partial charge in [0, 0.05) is 13.2 Å². The summed E-state index contributed by atoms with van der Waals surface area (Å²) in [6, 6.07) is -0.00233. The predicted molar refractivity (Wildman–Crippen MR) is 78.6 cm³/mol. The summed E-state index contributed by atoms with van der Waals surface area (Å²) in [6.07, 6.45) is 1.73. The Bertz CT molecular complexity index is 479. The van der Waals surface area contributed by atoms with E-state index in [1.54, 1.807) is 0 Å². The second kappa shape index (κ2) is 8.35. The maximum Gasteiger partial charge on any atom is 0.372 e. The van der Waals surface area contributed by atoms with Crippen LogP contribution in [-0.2, 0) is 11.3 Å². The molecule has 8 heteroatoms. The van der Waals surface area contributed by atoms with E-state index in [0.717, 1.165) is 12.8 Å². The third kappa shape index (κ3) is 5.14. The summed E-state index contributed by atoms with van der Waals surface area (Å²) in [5.74, 6) is 0.486. The SMILES string of the molecule is CCCCOc1nc(COC)nc(NC(C)C)c1[N+](=O)[O-]. The van der Waals surface area contributed by atoms with Crippen LogP contribution in [0.15, 0.2) is 0 Å². The number of aromatic nitrogens is 2. The number of methoxy groups -OCH3 is 1. The van der Waals surface area contributed by atoms with Crippen LogP contribution in [-0.4, -0.2) is 34.6 Å². The standard InChI is InChI=1S/C13H22N4O4/c1-5-6-7-21-13-11(17(18)19)12(14-9(2)3)15-10(16-13)8-20-4/h9H,5-8H2,1-4H3,(H,14,15,16). The van der Waals surface area contributed by atoms with E-state index in [1.165, 1.54) is 7.11 Å². The van der Waals surface area contributed by atoms with Crippen LogP contribution in [0.1, 0.15) is 39.4 Å². The summed E-state index contributed by atoms with van der Waals surface area (Å²) >= 11 is 0. The number of unbranched alkanes of at least 4 members (excludes halogenated alkanes) is 1. The van der Waals surface area contributed by atoms with Crippen molar-refractivity contribution >= 4 is 11.5 Å². The zero-order valence-electron chi connectivity index (χ0n) is 12.9. The number of nitrogens with zero attached hydrogens (tertiary/aromatic N) is 3. The molecule has 0 saturated heterocycles. The number of anilines is 1. The van der Waals surface area contributed by atoms with Crippen LogP contribution in [0.2, 0.25) is 0 Å². The average Bonchev–Trinajstić information content (AvgIpc) is 2.38. The Morgan fingerprint density at radius 3 is 2.62 bits per heavy atom. The number of ether oxygens (including phenoxy) is 2. The zero-order chi connectivity index (χ0) is 15.8. The van der Waals surface area contributed by atoms with Gasteiger partial charge in [0.1, 0.15) is 6.61 Å². The van der Waals surface area contributed by atoms with Crippen molar-refractivity contribution in [3.63, 3.8) is 0 Å². The van der Waals surface area contributed by atoms with Crippen molar-refractivity contribution in [1.82, 2.24) is 9.97 Å². The lowest BCUT2D eigenvalue weighted by Gasteiger charge is -2.13. The van der Waals surface area contributed by atoms with E-state index in [4.69, 9.17) is 9.47 Å². The van der Waals surface area contributed by atoms with Gasteiger partial charge in [-0.05, 0) is 20.3 Å². The zero-order valence-corrected chi connectivity index (χ0v) is 12.9. The van der Waals surface area contributed by atoms with Gasteiger partial charge < -0.3 is 14.8 Å². The summed E-state index contributed by atoms with van der Waals surface area (Å²) < 4.78 is 10.5. The molecule has 0 aliphatic carbocycles. The quantitative estimate of drug-likeness (QED) is 0.425. The lowest BCUT2D eigenvalue weighted by molar-refractivity contribution is -0.385. The Balaban J connectivity index is 3.20. The molecule has 1 aromatic rings. The predicted octanol–water partition coefficient (Wildman–Crippen LogP) is 2.53. The molecule has 1 rings (SSSR count). The summed E-state index contributed by atoms with van der Waals surface area (Å²) in [4.78, 5) is 19.0. The first-order valence-corrected chi connectivity index (χ1v) is 6.93. The van der Waals surface area contributed by atoms with Crippen molar-refractivity contribution in [2.75, 3.05) is 19.0 Å². The molecule has 0 aliphatic rings. The molecule has 0 spiro atoms. The number of nitro groups is 1. The van der Waals surface area contributed by atoms with E-state index >= 15 is 0 Å². The van der Waals surface area contributed by atoms with Crippen LogP contribution in [0.5, 0.6) is 5.88 Å². The van der Waals surface area contributed by atoms with Gasteiger partial charge in [0.05, 0.1) is 11.5 Å². The number of nitrogens with one attached hydrogen (secondary N) is 1. The van der Waals surface area contributed by atoms with Crippen LogP contribution in [0.3, 0.4) is 0 Å². The van der Waals surface area contributed by atoms with Crippen LogP contribution in [0, 0.1) is 10.1 Å². The van der Waals surface area contributed by atoms with Crippen molar-refractivity contribution in [3.05, 3.63) is 15.9 Å². The molecule has 8 nitrogen and oxygen atoms in total. The molecule has 21 heavy (non-hydrogen) atoms. The molecular weight excluding hydrogens is 276 g/mol. The number of hydrogen-bond donors (Lipinski definition) is 1. The second-order valence-corrected chi connectivity index (χ2v) is 4.83. The fourth-order valence-electron chi connectivity index (χ4n) is 1.62. The highest BCUT2D eigenvalue weighted by Gasteiger charge is 2.26. The van der Waals surface area contributed by atoms with Crippen molar-refractivity contribution in [2.24, 2.45) is 0 Å². The molecule has 0 radical (unpaired) electrons. The minimum atomic E-state index is -0.525. The van der Waals surface area contributed by atoms with E-state index < -0.39 is 4.92 Å². The van der Waals surface area contributed by atoms with Gasteiger partial charge in [-0.3, -0.25) is 10.1 Å². The maximum atomic E-state index is 11.3. The van der Waals surface area contributed by atoms with Gasteiger partial charge in [-0.15, -0.1) is 0 Å². The van der Waals surface area contributed by atoms with Gasteiger partial charge in [0.25, 0.3) is 5.88 Å². The molecule has 0 bridgehead atoms. The van der Waals surface area contributed by atoms with E-state index in [0.29, 0.717) is 12.4 Å². The Labute approximate surface area is 124 Å². The third-order valence-corrected chi connectivity index (χ3v) is 2.52. The van der Waals surface area contributed by atoms with Crippen molar-refractivity contribution in [1.29, 1.82) is 0 Å². The summed E-state index contributed by atoms with van der Waals surface area (Å²) in [6.45, 7) is 6.30. The summed E-state index contributed by atoms with van der Waals surface area (Å²) in [5.41, 5.74) is -0.236. The highest BCUT2D eigenvalue weighted by atomic mass is 16.6. The first kappa shape index (κ1) is 17.1. The highest BCUT2D eigenvalue weighted by molar-refractivity contribution is 5.62. The molecule has 1 heterocycles. The Morgan fingerprint density at radius 2 is 2.10 bits per heavy atom. The first-order chi connectivity index (χ1) is 9.99. The molecular formula is C13H22N4O4. The summed E-state index contributed by atoms with van der Waals surface area (Å²) in [5, 5.41) is 14.3. The van der Waals surface area contributed by atoms with Crippen molar-refractivity contribution < 1.29 is 14.4 Å². The lowest BCUT2D eigenvalue weighted by atomic mass is 10.3. The molecule has 118 valence electrons.